The van der Waals surface area contributed by atoms with Crippen LogP contribution in [-0.4, -0.2) is 24.5 Å². The minimum absolute atomic E-state index is 0.658. The van der Waals surface area contributed by atoms with Crippen LogP contribution in [0.3, 0.4) is 0 Å². The van der Waals surface area contributed by atoms with E-state index in [0.29, 0.717) is 5.41 Å². The van der Waals surface area contributed by atoms with Crippen molar-refractivity contribution >= 4 is 0 Å². The maximum atomic E-state index is 2.87. The Balaban J connectivity index is 4.89. The van der Waals surface area contributed by atoms with Crippen molar-refractivity contribution in [2.45, 2.75) is 285 Å². The number of hydrogen-bond donors (Lipinski definition) is 0. The van der Waals surface area contributed by atoms with Crippen molar-refractivity contribution in [2.75, 3.05) is 19.6 Å². The maximum absolute atomic E-state index is 2.87. The van der Waals surface area contributed by atoms with Gasteiger partial charge in [0.15, 0.2) is 0 Å². The lowest BCUT2D eigenvalue weighted by atomic mass is 9.70. The second kappa shape index (κ2) is 40.7. The quantitative estimate of drug-likeness (QED) is 0.0576. The van der Waals surface area contributed by atoms with Gasteiger partial charge < -0.3 is 4.90 Å². The second-order valence-electron chi connectivity index (χ2n) is 16.9. The van der Waals surface area contributed by atoms with Gasteiger partial charge in [-0.05, 0) is 70.0 Å². The van der Waals surface area contributed by atoms with Gasteiger partial charge in [0.1, 0.15) is 0 Å². The van der Waals surface area contributed by atoms with E-state index < -0.39 is 0 Å². The fourth-order valence-electron chi connectivity index (χ4n) is 8.52. The summed E-state index contributed by atoms with van der Waals surface area (Å²) in [7, 11) is 0. The molecule has 0 spiro atoms. The molecule has 0 rings (SSSR count). The Kier molecular flexibility index (Phi) is 40.7. The van der Waals surface area contributed by atoms with Gasteiger partial charge in [-0.25, -0.2) is 0 Å². The van der Waals surface area contributed by atoms with Gasteiger partial charge in [0.05, 0.1) is 0 Å². The van der Waals surface area contributed by atoms with Crippen LogP contribution >= 0.6 is 0 Å². The van der Waals surface area contributed by atoms with E-state index in [0.717, 1.165) is 0 Å². The molecule has 0 saturated heterocycles. The van der Waals surface area contributed by atoms with E-state index >= 15 is 0 Å². The fourth-order valence-corrected chi connectivity index (χ4v) is 8.52. The normalized spacial score (nSPS) is 12.1. The summed E-state index contributed by atoms with van der Waals surface area (Å²) < 4.78 is 0. The largest absolute Gasteiger partial charge is 0.303 e. The van der Waals surface area contributed by atoms with Gasteiger partial charge in [0.25, 0.3) is 0 Å². The van der Waals surface area contributed by atoms with Crippen LogP contribution in [0.4, 0.5) is 0 Å². The van der Waals surface area contributed by atoms with Gasteiger partial charge in [-0.2, -0.15) is 0 Å². The van der Waals surface area contributed by atoms with E-state index in [1.165, 1.54) is 270 Å². The molecule has 0 atom stereocenters. The number of unbranched alkanes of at least 4 members (excludes halogenated alkanes) is 29. The highest BCUT2D eigenvalue weighted by atomic mass is 15.1. The molecule has 296 valence electrons. The molecule has 0 aromatic rings. The molecule has 0 aliphatic heterocycles. The zero-order chi connectivity index (χ0) is 35.8. The molecule has 0 heterocycles. The molecule has 0 amide bonds. The van der Waals surface area contributed by atoms with E-state index in [2.05, 4.69) is 39.5 Å². The van der Waals surface area contributed by atoms with Gasteiger partial charge in [-0.1, -0.05) is 240 Å². The third-order valence-electron chi connectivity index (χ3n) is 12.0. The molecule has 0 aliphatic carbocycles. The molecule has 49 heavy (non-hydrogen) atoms. The van der Waals surface area contributed by atoms with Gasteiger partial charge in [0, 0.05) is 0 Å². The first kappa shape index (κ1) is 49.0. The molecule has 1 heteroatoms. The molecular weight excluding hydrogens is 591 g/mol. The highest BCUT2D eigenvalue weighted by Gasteiger charge is 2.28. The molecule has 0 N–H and O–H groups in total. The summed E-state index contributed by atoms with van der Waals surface area (Å²) in [6.07, 6.45) is 56.9. The highest BCUT2D eigenvalue weighted by Crippen LogP contribution is 2.42. The van der Waals surface area contributed by atoms with Crippen molar-refractivity contribution in [3.05, 3.63) is 0 Å². The Bertz CT molecular complexity index is 527. The van der Waals surface area contributed by atoms with Crippen molar-refractivity contribution in [1.29, 1.82) is 0 Å². The lowest BCUT2D eigenvalue weighted by Crippen LogP contribution is -2.27. The van der Waals surface area contributed by atoms with Crippen molar-refractivity contribution in [3.8, 4) is 0 Å². The maximum Gasteiger partial charge on any atom is -0.00187 e. The number of hydrogen-bond acceptors (Lipinski definition) is 1. The average molecular weight is 690 g/mol. The first-order valence-corrected chi connectivity index (χ1v) is 23.9. The van der Waals surface area contributed by atoms with Crippen LogP contribution < -0.4 is 0 Å². The summed E-state index contributed by atoms with van der Waals surface area (Å²) in [5.74, 6) is 0. The minimum atomic E-state index is 0.658. The lowest BCUT2D eigenvalue weighted by molar-refractivity contribution is 0.171. The van der Waals surface area contributed by atoms with Gasteiger partial charge in [-0.3, -0.25) is 0 Å². The molecule has 1 nitrogen and oxygen atoms in total. The Morgan fingerprint density at radius 2 is 0.408 bits per heavy atom. The van der Waals surface area contributed by atoms with Gasteiger partial charge in [-0.15, -0.1) is 0 Å². The molecular formula is C48H99N. The summed E-state index contributed by atoms with van der Waals surface area (Å²) in [4.78, 5) is 2.87. The van der Waals surface area contributed by atoms with Crippen molar-refractivity contribution in [1.82, 2.24) is 4.90 Å². The molecule has 0 aromatic heterocycles. The third-order valence-corrected chi connectivity index (χ3v) is 12.0. The molecule has 0 bridgehead atoms. The van der Waals surface area contributed by atoms with Crippen LogP contribution in [0.25, 0.3) is 0 Å². The second-order valence-corrected chi connectivity index (χ2v) is 16.9. The predicted molar refractivity (Wildman–Crippen MR) is 227 cm³/mol. The monoisotopic (exact) mass is 690 g/mol. The Morgan fingerprint density at radius 1 is 0.224 bits per heavy atom. The van der Waals surface area contributed by atoms with Crippen molar-refractivity contribution in [3.63, 3.8) is 0 Å². The van der Waals surface area contributed by atoms with E-state index in [1.54, 1.807) is 0 Å². The van der Waals surface area contributed by atoms with E-state index in [9.17, 15) is 0 Å². The summed E-state index contributed by atoms with van der Waals surface area (Å²) in [6.45, 7) is 15.8. The van der Waals surface area contributed by atoms with E-state index in [4.69, 9.17) is 0 Å². The Morgan fingerprint density at radius 3 is 0.633 bits per heavy atom. The predicted octanol–water partition coefficient (Wildman–Crippen LogP) is 17.6. The average Bonchev–Trinajstić information content (AvgIpc) is 3.11. The van der Waals surface area contributed by atoms with Crippen molar-refractivity contribution < 1.29 is 0 Å². The van der Waals surface area contributed by atoms with Crippen LogP contribution in [0.1, 0.15) is 285 Å². The van der Waals surface area contributed by atoms with Gasteiger partial charge >= 0.3 is 0 Å². The van der Waals surface area contributed by atoms with Crippen LogP contribution in [-0.2, 0) is 0 Å². The first-order valence-electron chi connectivity index (χ1n) is 23.9. The zero-order valence-electron chi connectivity index (χ0n) is 35.6. The van der Waals surface area contributed by atoms with E-state index in [1.807, 2.05) is 0 Å². The SMILES string of the molecule is CCCCCCCCN(CCCCCCCC)CCCCCCCC(CCCCCCCC)(CCCCCCCC)CCCCCCCC. The van der Waals surface area contributed by atoms with E-state index in [-0.39, 0.29) is 0 Å². The topological polar surface area (TPSA) is 3.24 Å². The summed E-state index contributed by atoms with van der Waals surface area (Å²) in [5.41, 5.74) is 0.658. The Labute approximate surface area is 314 Å². The fraction of sp³-hybridized carbons (Fsp3) is 1.00. The molecule has 0 aromatic carbocycles. The summed E-state index contributed by atoms with van der Waals surface area (Å²) in [5, 5.41) is 0. The molecule has 0 fully saturated rings. The zero-order valence-corrected chi connectivity index (χ0v) is 35.6. The van der Waals surface area contributed by atoms with Crippen LogP contribution in [0.2, 0.25) is 0 Å². The smallest absolute Gasteiger partial charge is 0.00187 e. The standard InChI is InChI=1S/C48H99N/c1-6-11-16-21-27-34-41-48(42-35-28-22-17-12-7-2,43-36-29-23-18-13-8-3)44-37-30-26-33-40-47-49(45-38-31-24-19-14-9-4)46-39-32-25-20-15-10-5/h6-47H2,1-5H3. The highest BCUT2D eigenvalue weighted by molar-refractivity contribution is 4.80. The lowest BCUT2D eigenvalue weighted by Gasteiger charge is -2.35. The Hall–Kier alpha value is -0.0400. The van der Waals surface area contributed by atoms with Crippen LogP contribution in [0.5, 0.6) is 0 Å². The summed E-state index contributed by atoms with van der Waals surface area (Å²) in [6, 6.07) is 0. The summed E-state index contributed by atoms with van der Waals surface area (Å²) >= 11 is 0. The minimum Gasteiger partial charge on any atom is -0.303 e. The molecule has 0 aliphatic rings. The third kappa shape index (κ3) is 34.8. The van der Waals surface area contributed by atoms with Crippen LogP contribution in [0, 0.1) is 5.41 Å². The number of rotatable bonds is 43. The van der Waals surface area contributed by atoms with Crippen LogP contribution in [0.15, 0.2) is 0 Å². The number of nitrogens with zero attached hydrogens (tertiary/aromatic N) is 1. The van der Waals surface area contributed by atoms with Crippen molar-refractivity contribution in [2.24, 2.45) is 5.41 Å². The molecule has 0 radical (unpaired) electrons. The van der Waals surface area contributed by atoms with Gasteiger partial charge in [0.2, 0.25) is 0 Å². The molecule has 0 unspecified atom stereocenters. The molecule has 0 saturated carbocycles. The first-order chi connectivity index (χ1) is 24.2.